The van der Waals surface area contributed by atoms with E-state index in [1.54, 1.807) is 36.9 Å². The molecule has 0 atom stereocenters. The highest BCUT2D eigenvalue weighted by molar-refractivity contribution is 7.92. The Labute approximate surface area is 135 Å². The lowest BCUT2D eigenvalue weighted by Crippen LogP contribution is -2.24. The summed E-state index contributed by atoms with van der Waals surface area (Å²) in [5.74, 6) is -0.199. The largest absolute Gasteiger partial charge is 0.348 e. The van der Waals surface area contributed by atoms with E-state index < -0.39 is 10.0 Å². The van der Waals surface area contributed by atoms with Crippen LogP contribution >= 0.6 is 0 Å². The molecule has 8 heteroatoms. The summed E-state index contributed by atoms with van der Waals surface area (Å²) in [5, 5.41) is 7.05. The first-order valence-electron chi connectivity index (χ1n) is 7.02. The second kappa shape index (κ2) is 6.41. The maximum Gasteiger partial charge on any atom is 0.255 e. The number of carbonyl (C=O) groups excluding carboxylic acids is 1. The van der Waals surface area contributed by atoms with Crippen LogP contribution in [0, 0.1) is 13.8 Å². The van der Waals surface area contributed by atoms with Gasteiger partial charge < -0.3 is 5.32 Å². The molecule has 0 radical (unpaired) electrons. The van der Waals surface area contributed by atoms with Gasteiger partial charge in [0.05, 0.1) is 17.5 Å². The van der Waals surface area contributed by atoms with Crippen LogP contribution in [0.3, 0.4) is 0 Å². The Bertz CT molecular complexity index is 840. The minimum atomic E-state index is -3.33. The van der Waals surface area contributed by atoms with Crippen LogP contribution in [0.1, 0.15) is 27.3 Å². The van der Waals surface area contributed by atoms with Crippen LogP contribution in [0.4, 0.5) is 5.69 Å². The van der Waals surface area contributed by atoms with Gasteiger partial charge in [-0.15, -0.1) is 0 Å². The molecular weight excluding hydrogens is 316 g/mol. The van der Waals surface area contributed by atoms with Crippen LogP contribution in [0.2, 0.25) is 0 Å². The first kappa shape index (κ1) is 17.0. The topological polar surface area (TPSA) is 93.1 Å². The molecule has 0 saturated carbocycles. The third-order valence-corrected chi connectivity index (χ3v) is 4.03. The highest BCUT2D eigenvalue weighted by Gasteiger charge is 2.16. The van der Waals surface area contributed by atoms with Gasteiger partial charge in [-0.25, -0.2) is 8.42 Å². The number of rotatable bonds is 5. The molecule has 1 amide bonds. The normalized spacial score (nSPS) is 11.3. The zero-order valence-electron chi connectivity index (χ0n) is 13.5. The molecule has 2 aromatic rings. The van der Waals surface area contributed by atoms with Gasteiger partial charge in [0.1, 0.15) is 0 Å². The molecular formula is C15H20N4O3S. The summed E-state index contributed by atoms with van der Waals surface area (Å²) in [4.78, 5) is 12.3. The van der Waals surface area contributed by atoms with Crippen molar-refractivity contribution >= 4 is 21.6 Å². The molecule has 1 aromatic heterocycles. The van der Waals surface area contributed by atoms with Gasteiger partial charge in [0.25, 0.3) is 5.91 Å². The molecule has 7 nitrogen and oxygen atoms in total. The van der Waals surface area contributed by atoms with Crippen LogP contribution in [-0.4, -0.2) is 30.4 Å². The maximum absolute atomic E-state index is 12.3. The number of anilines is 1. The molecule has 124 valence electrons. The summed E-state index contributed by atoms with van der Waals surface area (Å²) >= 11 is 0. The highest BCUT2D eigenvalue weighted by Crippen LogP contribution is 2.14. The molecule has 1 heterocycles. The maximum atomic E-state index is 12.3. The van der Waals surface area contributed by atoms with Gasteiger partial charge in [-0.1, -0.05) is 12.1 Å². The van der Waals surface area contributed by atoms with E-state index in [0.29, 0.717) is 23.5 Å². The monoisotopic (exact) mass is 336 g/mol. The predicted molar refractivity (Wildman–Crippen MR) is 88.8 cm³/mol. The molecule has 0 bridgehead atoms. The number of hydrogen-bond donors (Lipinski definition) is 2. The van der Waals surface area contributed by atoms with Gasteiger partial charge in [0, 0.05) is 25.0 Å². The van der Waals surface area contributed by atoms with E-state index in [9.17, 15) is 13.2 Å². The summed E-state index contributed by atoms with van der Waals surface area (Å²) in [6.07, 6.45) is 1.09. The fraction of sp³-hybridized carbons (Fsp3) is 0.333. The molecule has 0 saturated heterocycles. The van der Waals surface area contributed by atoms with Crippen molar-refractivity contribution < 1.29 is 13.2 Å². The SMILES string of the molecule is Cc1nn(C)c(C)c1C(=O)NCc1cccc(NS(C)(=O)=O)c1. The first-order chi connectivity index (χ1) is 10.7. The Morgan fingerprint density at radius 2 is 2.00 bits per heavy atom. The zero-order chi connectivity index (χ0) is 17.2. The summed E-state index contributed by atoms with van der Waals surface area (Å²) in [5.41, 5.74) is 3.31. The molecule has 1 aromatic carbocycles. The quantitative estimate of drug-likeness (QED) is 0.861. The van der Waals surface area contributed by atoms with Crippen LogP contribution in [-0.2, 0) is 23.6 Å². The van der Waals surface area contributed by atoms with E-state index in [4.69, 9.17) is 0 Å². The van der Waals surface area contributed by atoms with E-state index in [1.807, 2.05) is 13.0 Å². The van der Waals surface area contributed by atoms with Crippen molar-refractivity contribution in [1.29, 1.82) is 0 Å². The van der Waals surface area contributed by atoms with E-state index in [1.165, 1.54) is 0 Å². The molecule has 0 fully saturated rings. The average Bonchev–Trinajstić information content (AvgIpc) is 2.68. The number of sulfonamides is 1. The number of aromatic nitrogens is 2. The second-order valence-corrected chi connectivity index (χ2v) is 7.18. The second-order valence-electron chi connectivity index (χ2n) is 5.43. The van der Waals surface area contributed by atoms with E-state index >= 15 is 0 Å². The van der Waals surface area contributed by atoms with E-state index in [0.717, 1.165) is 17.5 Å². The van der Waals surface area contributed by atoms with Gasteiger partial charge in [0.15, 0.2) is 0 Å². The third kappa shape index (κ3) is 4.32. The summed E-state index contributed by atoms with van der Waals surface area (Å²) in [7, 11) is -1.53. The number of benzene rings is 1. The van der Waals surface area contributed by atoms with Crippen LogP contribution < -0.4 is 10.0 Å². The Kier molecular flexibility index (Phi) is 4.74. The molecule has 0 aliphatic carbocycles. The lowest BCUT2D eigenvalue weighted by molar-refractivity contribution is 0.0949. The van der Waals surface area contributed by atoms with Crippen molar-refractivity contribution in [2.45, 2.75) is 20.4 Å². The number of carbonyl (C=O) groups is 1. The Morgan fingerprint density at radius 1 is 1.30 bits per heavy atom. The van der Waals surface area contributed by atoms with Crippen molar-refractivity contribution in [3.8, 4) is 0 Å². The van der Waals surface area contributed by atoms with Crippen molar-refractivity contribution in [2.24, 2.45) is 7.05 Å². The number of hydrogen-bond acceptors (Lipinski definition) is 4. The fourth-order valence-corrected chi connectivity index (χ4v) is 2.89. The first-order valence-corrected chi connectivity index (χ1v) is 8.91. The molecule has 2 rings (SSSR count). The van der Waals surface area contributed by atoms with Crippen LogP contribution in [0.5, 0.6) is 0 Å². The van der Waals surface area contributed by atoms with Gasteiger partial charge in [0.2, 0.25) is 10.0 Å². The fourth-order valence-electron chi connectivity index (χ4n) is 2.33. The zero-order valence-corrected chi connectivity index (χ0v) is 14.4. The van der Waals surface area contributed by atoms with E-state index in [2.05, 4.69) is 15.1 Å². The van der Waals surface area contributed by atoms with Gasteiger partial charge in [-0.2, -0.15) is 5.10 Å². The molecule has 0 spiro atoms. The lowest BCUT2D eigenvalue weighted by Gasteiger charge is -2.08. The molecule has 23 heavy (non-hydrogen) atoms. The number of aryl methyl sites for hydroxylation is 2. The van der Waals surface area contributed by atoms with Crippen molar-refractivity contribution in [2.75, 3.05) is 11.0 Å². The van der Waals surface area contributed by atoms with Gasteiger partial charge >= 0.3 is 0 Å². The molecule has 2 N–H and O–H groups in total. The van der Waals surface area contributed by atoms with Gasteiger partial charge in [-0.05, 0) is 31.5 Å². The standard InChI is InChI=1S/C15H20N4O3S/c1-10-14(11(2)19(3)17-10)15(20)16-9-12-6-5-7-13(8-12)18-23(4,21)22/h5-8,18H,9H2,1-4H3,(H,16,20). The summed E-state index contributed by atoms with van der Waals surface area (Å²) in [6.45, 7) is 3.93. The van der Waals surface area contributed by atoms with Crippen LogP contribution in [0.15, 0.2) is 24.3 Å². The highest BCUT2D eigenvalue weighted by atomic mass is 32.2. The van der Waals surface area contributed by atoms with Gasteiger partial charge in [-0.3, -0.25) is 14.2 Å². The van der Waals surface area contributed by atoms with Crippen molar-refractivity contribution in [1.82, 2.24) is 15.1 Å². The van der Waals surface area contributed by atoms with Crippen LogP contribution in [0.25, 0.3) is 0 Å². The molecule has 0 unspecified atom stereocenters. The number of amides is 1. The van der Waals surface area contributed by atoms with E-state index in [-0.39, 0.29) is 5.91 Å². The predicted octanol–water partition coefficient (Wildman–Crippen LogP) is 1.34. The summed E-state index contributed by atoms with van der Waals surface area (Å²) < 4.78 is 26.6. The van der Waals surface area contributed by atoms with Crippen molar-refractivity contribution in [3.63, 3.8) is 0 Å². The smallest absolute Gasteiger partial charge is 0.255 e. The summed E-state index contributed by atoms with van der Waals surface area (Å²) in [6, 6.07) is 6.89. The molecule has 0 aliphatic heterocycles. The average molecular weight is 336 g/mol. The molecule has 0 aliphatic rings. The lowest BCUT2D eigenvalue weighted by atomic mass is 10.1. The minimum Gasteiger partial charge on any atom is -0.348 e. The minimum absolute atomic E-state index is 0.199. The number of nitrogens with one attached hydrogen (secondary N) is 2. The Morgan fingerprint density at radius 3 is 2.57 bits per heavy atom. The third-order valence-electron chi connectivity index (χ3n) is 3.42. The van der Waals surface area contributed by atoms with Crippen molar-refractivity contribution in [3.05, 3.63) is 46.8 Å². The number of nitrogens with zero attached hydrogens (tertiary/aromatic N) is 2. The Hall–Kier alpha value is -2.35. The Balaban J connectivity index is 2.09.